The summed E-state index contributed by atoms with van der Waals surface area (Å²) in [6.45, 7) is 1.85. The van der Waals surface area contributed by atoms with Crippen LogP contribution in [0.15, 0.2) is 36.4 Å². The summed E-state index contributed by atoms with van der Waals surface area (Å²) in [5, 5.41) is 9.67. The minimum absolute atomic E-state index is 0.376. The van der Waals surface area contributed by atoms with Crippen molar-refractivity contribution >= 4 is 23.2 Å². The molecule has 2 aromatic rings. The van der Waals surface area contributed by atoms with Crippen LogP contribution in [-0.2, 0) is 0 Å². The van der Waals surface area contributed by atoms with Gasteiger partial charge in [-0.05, 0) is 42.8 Å². The Hall–Kier alpha value is -1.69. The lowest BCUT2D eigenvalue weighted by atomic mass is 10.1. The molecular formula is C14H9Cl2NO. The first-order chi connectivity index (χ1) is 8.61. The maximum atomic E-state index is 8.85. The van der Waals surface area contributed by atoms with Gasteiger partial charge in [-0.2, -0.15) is 5.26 Å². The second kappa shape index (κ2) is 5.30. The lowest BCUT2D eigenvalue weighted by Crippen LogP contribution is -1.88. The zero-order chi connectivity index (χ0) is 13.1. The van der Waals surface area contributed by atoms with Crippen molar-refractivity contribution in [3.05, 3.63) is 57.6 Å². The van der Waals surface area contributed by atoms with E-state index in [-0.39, 0.29) is 0 Å². The molecule has 0 aromatic heterocycles. The maximum absolute atomic E-state index is 8.85. The van der Waals surface area contributed by atoms with Crippen LogP contribution in [0, 0.1) is 18.3 Å². The summed E-state index contributed by atoms with van der Waals surface area (Å²) in [6, 6.07) is 12.5. The Balaban J connectivity index is 2.32. The molecule has 0 amide bonds. The average molecular weight is 278 g/mol. The van der Waals surface area contributed by atoms with E-state index in [0.717, 1.165) is 5.56 Å². The Labute approximate surface area is 115 Å². The van der Waals surface area contributed by atoms with Crippen LogP contribution in [0.4, 0.5) is 0 Å². The smallest absolute Gasteiger partial charge is 0.147 e. The largest absolute Gasteiger partial charge is 0.456 e. The van der Waals surface area contributed by atoms with Crippen LogP contribution in [0.2, 0.25) is 10.0 Å². The Morgan fingerprint density at radius 3 is 2.61 bits per heavy atom. The van der Waals surface area contributed by atoms with Gasteiger partial charge >= 0.3 is 0 Å². The Morgan fingerprint density at radius 1 is 1.17 bits per heavy atom. The Morgan fingerprint density at radius 2 is 1.94 bits per heavy atom. The molecule has 90 valence electrons. The number of halogens is 2. The molecule has 0 spiro atoms. The molecule has 4 heteroatoms. The van der Waals surface area contributed by atoms with Crippen molar-refractivity contribution in [2.75, 3.05) is 0 Å². The summed E-state index contributed by atoms with van der Waals surface area (Å²) in [5.74, 6) is 1.11. The zero-order valence-electron chi connectivity index (χ0n) is 9.58. The summed E-state index contributed by atoms with van der Waals surface area (Å²) in [6.07, 6.45) is 0. The molecule has 0 aliphatic rings. The standard InChI is InChI=1S/C14H9Cl2NO/c1-9-7-11(6-5-10(9)8-17)18-13-4-2-3-12(15)14(13)16/h2-7H,1H3. The first-order valence-electron chi connectivity index (χ1n) is 5.24. The van der Waals surface area contributed by atoms with Crippen LogP contribution in [0.5, 0.6) is 11.5 Å². The van der Waals surface area contributed by atoms with Gasteiger partial charge in [-0.15, -0.1) is 0 Å². The van der Waals surface area contributed by atoms with Crippen LogP contribution < -0.4 is 4.74 Å². The fraction of sp³-hybridized carbons (Fsp3) is 0.0714. The van der Waals surface area contributed by atoms with Crippen molar-refractivity contribution in [3.8, 4) is 17.6 Å². The first kappa shape index (κ1) is 12.8. The number of rotatable bonds is 2. The molecule has 0 saturated carbocycles. The zero-order valence-corrected chi connectivity index (χ0v) is 11.1. The van der Waals surface area contributed by atoms with Gasteiger partial charge in [0.15, 0.2) is 0 Å². The predicted octanol–water partition coefficient (Wildman–Crippen LogP) is 4.97. The number of nitrogens with zero attached hydrogens (tertiary/aromatic N) is 1. The third-order valence-electron chi connectivity index (χ3n) is 2.46. The molecule has 18 heavy (non-hydrogen) atoms. The van der Waals surface area contributed by atoms with E-state index in [1.54, 1.807) is 36.4 Å². The number of nitriles is 1. The third kappa shape index (κ3) is 2.59. The fourth-order valence-electron chi connectivity index (χ4n) is 1.51. The SMILES string of the molecule is Cc1cc(Oc2cccc(Cl)c2Cl)ccc1C#N. The van der Waals surface area contributed by atoms with Crippen LogP contribution in [0.1, 0.15) is 11.1 Å². The topological polar surface area (TPSA) is 33.0 Å². The van der Waals surface area contributed by atoms with E-state index in [1.165, 1.54) is 0 Å². The highest BCUT2D eigenvalue weighted by molar-refractivity contribution is 6.42. The molecule has 0 radical (unpaired) electrons. The summed E-state index contributed by atoms with van der Waals surface area (Å²) in [5.41, 5.74) is 1.48. The normalized spacial score (nSPS) is 9.89. The van der Waals surface area contributed by atoms with Crippen LogP contribution in [-0.4, -0.2) is 0 Å². The highest BCUT2D eigenvalue weighted by atomic mass is 35.5. The van der Waals surface area contributed by atoms with Crippen molar-refractivity contribution in [2.24, 2.45) is 0 Å². The van der Waals surface area contributed by atoms with Gasteiger partial charge in [-0.1, -0.05) is 29.3 Å². The number of hydrogen-bond donors (Lipinski definition) is 0. The molecule has 0 unspecified atom stereocenters. The highest BCUT2D eigenvalue weighted by Crippen LogP contribution is 2.34. The van der Waals surface area contributed by atoms with Gasteiger partial charge in [-0.25, -0.2) is 0 Å². The molecule has 0 fully saturated rings. The predicted molar refractivity (Wildman–Crippen MR) is 72.4 cm³/mol. The number of benzene rings is 2. The van der Waals surface area contributed by atoms with E-state index in [1.807, 2.05) is 6.92 Å². The molecule has 2 aromatic carbocycles. The fourth-order valence-corrected chi connectivity index (χ4v) is 1.85. The summed E-state index contributed by atoms with van der Waals surface area (Å²) in [7, 11) is 0. The van der Waals surface area contributed by atoms with E-state index in [2.05, 4.69) is 6.07 Å². The van der Waals surface area contributed by atoms with Gasteiger partial charge in [0.25, 0.3) is 0 Å². The molecular weight excluding hydrogens is 269 g/mol. The van der Waals surface area contributed by atoms with Gasteiger partial charge < -0.3 is 4.74 Å². The van der Waals surface area contributed by atoms with E-state index in [0.29, 0.717) is 27.1 Å². The lowest BCUT2D eigenvalue weighted by Gasteiger charge is -2.09. The minimum atomic E-state index is 0.376. The molecule has 0 atom stereocenters. The van der Waals surface area contributed by atoms with Crippen molar-refractivity contribution in [3.63, 3.8) is 0 Å². The van der Waals surface area contributed by atoms with E-state index in [9.17, 15) is 0 Å². The maximum Gasteiger partial charge on any atom is 0.147 e. The van der Waals surface area contributed by atoms with E-state index < -0.39 is 0 Å². The number of aryl methyl sites for hydroxylation is 1. The van der Waals surface area contributed by atoms with Crippen molar-refractivity contribution in [2.45, 2.75) is 6.92 Å². The van der Waals surface area contributed by atoms with Crippen molar-refractivity contribution in [1.82, 2.24) is 0 Å². The quantitative estimate of drug-likeness (QED) is 0.777. The lowest BCUT2D eigenvalue weighted by molar-refractivity contribution is 0.482. The van der Waals surface area contributed by atoms with Crippen LogP contribution in [0.3, 0.4) is 0 Å². The molecule has 0 N–H and O–H groups in total. The number of ether oxygens (including phenoxy) is 1. The second-order valence-electron chi connectivity index (χ2n) is 3.74. The van der Waals surface area contributed by atoms with Crippen molar-refractivity contribution < 1.29 is 4.74 Å². The van der Waals surface area contributed by atoms with E-state index in [4.69, 9.17) is 33.2 Å². The summed E-state index contributed by atoms with van der Waals surface area (Å²) < 4.78 is 5.64. The average Bonchev–Trinajstić information content (AvgIpc) is 2.35. The van der Waals surface area contributed by atoms with Gasteiger partial charge in [0.2, 0.25) is 0 Å². The molecule has 0 bridgehead atoms. The number of hydrogen-bond acceptors (Lipinski definition) is 2. The minimum Gasteiger partial charge on any atom is -0.456 e. The van der Waals surface area contributed by atoms with Crippen LogP contribution in [0.25, 0.3) is 0 Å². The van der Waals surface area contributed by atoms with Crippen molar-refractivity contribution in [1.29, 1.82) is 5.26 Å². The molecule has 0 heterocycles. The van der Waals surface area contributed by atoms with E-state index >= 15 is 0 Å². The van der Waals surface area contributed by atoms with Gasteiger partial charge in [0, 0.05) is 0 Å². The molecule has 0 saturated heterocycles. The second-order valence-corrected chi connectivity index (χ2v) is 4.53. The van der Waals surface area contributed by atoms with Gasteiger partial charge in [0.05, 0.1) is 16.7 Å². The Kier molecular flexibility index (Phi) is 3.76. The third-order valence-corrected chi connectivity index (χ3v) is 3.26. The first-order valence-corrected chi connectivity index (χ1v) is 6.00. The molecule has 2 rings (SSSR count). The van der Waals surface area contributed by atoms with Crippen LogP contribution >= 0.6 is 23.2 Å². The monoisotopic (exact) mass is 277 g/mol. The van der Waals surface area contributed by atoms with Gasteiger partial charge in [0.1, 0.15) is 16.5 Å². The summed E-state index contributed by atoms with van der Waals surface area (Å²) >= 11 is 11.9. The Bertz CT molecular complexity index is 632. The molecule has 2 nitrogen and oxygen atoms in total. The highest BCUT2D eigenvalue weighted by Gasteiger charge is 2.07. The molecule has 0 aliphatic carbocycles. The molecule has 0 aliphatic heterocycles. The summed E-state index contributed by atoms with van der Waals surface area (Å²) in [4.78, 5) is 0. The van der Waals surface area contributed by atoms with Gasteiger partial charge in [-0.3, -0.25) is 0 Å².